The predicted molar refractivity (Wildman–Crippen MR) is 91.5 cm³/mol. The molecule has 0 aliphatic carbocycles. The molecule has 2 rings (SSSR count). The molecule has 0 saturated heterocycles. The highest BCUT2D eigenvalue weighted by molar-refractivity contribution is 9.10. The number of rotatable bonds is 6. The van der Waals surface area contributed by atoms with Crippen LogP contribution in [0.4, 0.5) is 11.4 Å². The molecule has 1 amide bonds. The summed E-state index contributed by atoms with van der Waals surface area (Å²) < 4.78 is 0.916. The van der Waals surface area contributed by atoms with E-state index in [0.29, 0.717) is 5.56 Å². The second-order valence-corrected chi connectivity index (χ2v) is 5.42. The lowest BCUT2D eigenvalue weighted by atomic mass is 10.2. The zero-order chi connectivity index (χ0) is 16.7. The Morgan fingerprint density at radius 2 is 2.00 bits per heavy atom. The van der Waals surface area contributed by atoms with Gasteiger partial charge in [0.1, 0.15) is 0 Å². The van der Waals surface area contributed by atoms with Gasteiger partial charge in [0, 0.05) is 22.3 Å². The van der Waals surface area contributed by atoms with E-state index < -0.39 is 4.92 Å². The minimum absolute atomic E-state index is 0.00408. The van der Waals surface area contributed by atoms with Crippen molar-refractivity contribution < 1.29 is 9.72 Å². The van der Waals surface area contributed by atoms with Gasteiger partial charge < -0.3 is 5.32 Å². The van der Waals surface area contributed by atoms with E-state index in [1.807, 2.05) is 24.3 Å². The van der Waals surface area contributed by atoms with Crippen molar-refractivity contribution in [2.75, 3.05) is 11.9 Å². The van der Waals surface area contributed by atoms with Crippen molar-refractivity contribution >= 4 is 39.4 Å². The largest absolute Gasteiger partial charge is 0.376 e. The van der Waals surface area contributed by atoms with Gasteiger partial charge in [-0.2, -0.15) is 5.10 Å². The maximum absolute atomic E-state index is 11.6. The molecule has 0 atom stereocenters. The summed E-state index contributed by atoms with van der Waals surface area (Å²) in [7, 11) is 0. The first-order valence-electron chi connectivity index (χ1n) is 6.60. The van der Waals surface area contributed by atoms with Crippen molar-refractivity contribution in [3.63, 3.8) is 0 Å². The third-order valence-corrected chi connectivity index (χ3v) is 3.28. The topological polar surface area (TPSA) is 96.6 Å². The Hall–Kier alpha value is -2.74. The summed E-state index contributed by atoms with van der Waals surface area (Å²) in [6.07, 6.45) is 1.42. The number of nitrogens with zero attached hydrogens (tertiary/aromatic N) is 2. The van der Waals surface area contributed by atoms with Crippen molar-refractivity contribution in [3.05, 3.63) is 68.7 Å². The van der Waals surface area contributed by atoms with Crippen LogP contribution < -0.4 is 10.7 Å². The van der Waals surface area contributed by atoms with Crippen molar-refractivity contribution in [3.8, 4) is 0 Å². The summed E-state index contributed by atoms with van der Waals surface area (Å²) in [4.78, 5) is 21.7. The van der Waals surface area contributed by atoms with E-state index in [-0.39, 0.29) is 18.1 Å². The maximum Gasteiger partial charge on any atom is 0.269 e. The first-order valence-corrected chi connectivity index (χ1v) is 7.40. The van der Waals surface area contributed by atoms with Crippen LogP contribution in [0.25, 0.3) is 0 Å². The second-order valence-electron chi connectivity index (χ2n) is 4.51. The number of halogens is 1. The van der Waals surface area contributed by atoms with Gasteiger partial charge in [-0.15, -0.1) is 0 Å². The third kappa shape index (κ3) is 5.51. The molecule has 0 heterocycles. The van der Waals surface area contributed by atoms with Crippen LogP contribution in [0.5, 0.6) is 0 Å². The molecule has 2 N–H and O–H groups in total. The number of non-ortho nitro benzene ring substituents is 1. The lowest BCUT2D eigenvalue weighted by Gasteiger charge is -2.05. The molecule has 0 spiro atoms. The van der Waals surface area contributed by atoms with Crippen LogP contribution in [0, 0.1) is 10.1 Å². The van der Waals surface area contributed by atoms with Crippen LogP contribution in [0.15, 0.2) is 58.1 Å². The number of amides is 1. The Kier molecular flexibility index (Phi) is 5.81. The lowest BCUT2D eigenvalue weighted by molar-refractivity contribution is -0.384. The maximum atomic E-state index is 11.6. The fourth-order valence-corrected chi connectivity index (χ4v) is 2.08. The fraction of sp³-hybridized carbons (Fsp3) is 0.0667. The van der Waals surface area contributed by atoms with Crippen molar-refractivity contribution in [1.82, 2.24) is 5.43 Å². The Labute approximate surface area is 140 Å². The van der Waals surface area contributed by atoms with Gasteiger partial charge in [0.15, 0.2) is 0 Å². The normalized spacial score (nSPS) is 10.5. The molecule has 0 unspecified atom stereocenters. The number of hydrogen-bond donors (Lipinski definition) is 2. The molecule has 118 valence electrons. The minimum Gasteiger partial charge on any atom is -0.376 e. The number of nitro groups is 1. The van der Waals surface area contributed by atoms with Gasteiger partial charge in [0.25, 0.3) is 11.6 Å². The predicted octanol–water partition coefficient (Wildman–Crippen LogP) is 2.92. The van der Waals surface area contributed by atoms with Gasteiger partial charge in [-0.1, -0.05) is 22.0 Å². The van der Waals surface area contributed by atoms with E-state index in [2.05, 4.69) is 31.8 Å². The summed E-state index contributed by atoms with van der Waals surface area (Å²) >= 11 is 3.34. The molecule has 2 aromatic rings. The lowest BCUT2D eigenvalue weighted by Crippen LogP contribution is -2.25. The number of carbonyl (C=O) groups excluding carboxylic acids is 1. The average Bonchev–Trinajstić information content (AvgIpc) is 2.53. The monoisotopic (exact) mass is 376 g/mol. The number of hydrazone groups is 1. The summed E-state index contributed by atoms with van der Waals surface area (Å²) in [6, 6.07) is 13.3. The number of anilines is 1. The molecule has 2 aromatic carbocycles. The molecule has 7 nitrogen and oxygen atoms in total. The second kappa shape index (κ2) is 8.04. The first-order chi connectivity index (χ1) is 11.0. The highest BCUT2D eigenvalue weighted by atomic mass is 79.9. The Morgan fingerprint density at radius 3 is 2.65 bits per heavy atom. The molecule has 0 aliphatic heterocycles. The number of carbonyl (C=O) groups is 1. The average molecular weight is 377 g/mol. The number of nitro benzene ring substituents is 1. The van der Waals surface area contributed by atoms with Crippen LogP contribution >= 0.6 is 15.9 Å². The Morgan fingerprint density at radius 1 is 1.26 bits per heavy atom. The van der Waals surface area contributed by atoms with Gasteiger partial charge in [-0.05, 0) is 35.9 Å². The molecule has 0 bridgehead atoms. The molecular weight excluding hydrogens is 364 g/mol. The van der Waals surface area contributed by atoms with E-state index in [0.717, 1.165) is 10.2 Å². The minimum atomic E-state index is -0.476. The summed E-state index contributed by atoms with van der Waals surface area (Å²) in [6.45, 7) is 0.0774. The Balaban J connectivity index is 1.80. The zero-order valence-corrected chi connectivity index (χ0v) is 13.5. The van der Waals surface area contributed by atoms with Crippen LogP contribution in [0.2, 0.25) is 0 Å². The van der Waals surface area contributed by atoms with E-state index in [9.17, 15) is 14.9 Å². The number of nitrogens with one attached hydrogen (secondary N) is 2. The number of hydrogen-bond acceptors (Lipinski definition) is 5. The van der Waals surface area contributed by atoms with E-state index in [1.165, 1.54) is 18.3 Å². The SMILES string of the molecule is O=C(CNc1cccc(Br)c1)N/N=C\c1ccc([N+](=O)[O-])cc1. The summed E-state index contributed by atoms with van der Waals surface area (Å²) in [5.41, 5.74) is 3.84. The van der Waals surface area contributed by atoms with Gasteiger partial charge in [0.05, 0.1) is 17.7 Å². The van der Waals surface area contributed by atoms with Crippen LogP contribution in [-0.4, -0.2) is 23.6 Å². The van der Waals surface area contributed by atoms with Gasteiger partial charge >= 0.3 is 0 Å². The van der Waals surface area contributed by atoms with E-state index in [4.69, 9.17) is 0 Å². The number of benzene rings is 2. The first kappa shape index (κ1) is 16.6. The zero-order valence-electron chi connectivity index (χ0n) is 11.9. The quantitative estimate of drug-likeness (QED) is 0.460. The van der Waals surface area contributed by atoms with E-state index >= 15 is 0 Å². The Bertz CT molecular complexity index is 732. The highest BCUT2D eigenvalue weighted by Gasteiger charge is 2.03. The third-order valence-electron chi connectivity index (χ3n) is 2.78. The molecule has 0 saturated carbocycles. The van der Waals surface area contributed by atoms with Gasteiger partial charge in [-0.25, -0.2) is 5.43 Å². The van der Waals surface area contributed by atoms with E-state index in [1.54, 1.807) is 12.1 Å². The molecular formula is C15H13BrN4O3. The standard InChI is InChI=1S/C15H13BrN4O3/c16-12-2-1-3-13(8-12)17-10-15(21)19-18-9-11-4-6-14(7-5-11)20(22)23/h1-9,17H,10H2,(H,19,21)/b18-9-. The van der Waals surface area contributed by atoms with Crippen molar-refractivity contribution in [2.24, 2.45) is 5.10 Å². The molecule has 0 radical (unpaired) electrons. The highest BCUT2D eigenvalue weighted by Crippen LogP contribution is 2.15. The molecule has 0 aliphatic rings. The molecule has 0 aromatic heterocycles. The van der Waals surface area contributed by atoms with Gasteiger partial charge in [-0.3, -0.25) is 14.9 Å². The van der Waals surface area contributed by atoms with Crippen LogP contribution in [-0.2, 0) is 4.79 Å². The summed E-state index contributed by atoms with van der Waals surface area (Å²) in [5.74, 6) is -0.303. The van der Waals surface area contributed by atoms with Crippen LogP contribution in [0.3, 0.4) is 0 Å². The van der Waals surface area contributed by atoms with Crippen molar-refractivity contribution in [1.29, 1.82) is 0 Å². The molecule has 0 fully saturated rings. The molecule has 23 heavy (non-hydrogen) atoms. The smallest absolute Gasteiger partial charge is 0.269 e. The van der Waals surface area contributed by atoms with Gasteiger partial charge in [0.2, 0.25) is 0 Å². The summed E-state index contributed by atoms with van der Waals surface area (Å²) in [5, 5.41) is 17.3. The van der Waals surface area contributed by atoms with Crippen molar-refractivity contribution in [2.45, 2.75) is 0 Å². The van der Waals surface area contributed by atoms with Crippen LogP contribution in [0.1, 0.15) is 5.56 Å². The molecule has 8 heteroatoms. The fourth-order valence-electron chi connectivity index (χ4n) is 1.68.